The van der Waals surface area contributed by atoms with Gasteiger partial charge in [-0.3, -0.25) is 4.72 Å². The van der Waals surface area contributed by atoms with Crippen molar-refractivity contribution < 1.29 is 8.42 Å². The highest BCUT2D eigenvalue weighted by Crippen LogP contribution is 2.25. The van der Waals surface area contributed by atoms with Gasteiger partial charge in [0.25, 0.3) is 10.0 Å². The van der Waals surface area contributed by atoms with Gasteiger partial charge >= 0.3 is 0 Å². The molecule has 2 aromatic rings. The third-order valence-corrected chi connectivity index (χ3v) is 4.90. The summed E-state index contributed by atoms with van der Waals surface area (Å²) in [5.41, 5.74) is 0.533. The van der Waals surface area contributed by atoms with Gasteiger partial charge < -0.3 is 5.32 Å². The molecule has 21 heavy (non-hydrogen) atoms. The number of nitrogens with one attached hydrogen (secondary N) is 2. The van der Waals surface area contributed by atoms with Crippen LogP contribution in [0.25, 0.3) is 0 Å². The maximum Gasteiger partial charge on any atom is 0.263 e. The molecule has 4 nitrogen and oxygen atoms in total. The molecule has 2 rings (SSSR count). The highest BCUT2D eigenvalue weighted by molar-refractivity contribution is 7.92. The lowest BCUT2D eigenvalue weighted by Crippen LogP contribution is -2.34. The zero-order chi connectivity index (χ0) is 15.5. The van der Waals surface area contributed by atoms with E-state index in [0.29, 0.717) is 15.7 Å². The van der Waals surface area contributed by atoms with Crippen LogP contribution >= 0.6 is 35.4 Å². The first-order valence-electron chi connectivity index (χ1n) is 5.72. The van der Waals surface area contributed by atoms with Crippen molar-refractivity contribution in [1.29, 1.82) is 0 Å². The summed E-state index contributed by atoms with van der Waals surface area (Å²) < 4.78 is 26.4. The normalized spacial score (nSPS) is 11.0. The van der Waals surface area contributed by atoms with Crippen molar-refractivity contribution in [1.82, 2.24) is 4.72 Å². The fourth-order valence-electron chi connectivity index (χ4n) is 1.51. The van der Waals surface area contributed by atoms with E-state index in [1.807, 2.05) is 0 Å². The first kappa shape index (κ1) is 16.0. The van der Waals surface area contributed by atoms with Gasteiger partial charge in [0, 0.05) is 5.69 Å². The zero-order valence-corrected chi connectivity index (χ0v) is 13.7. The van der Waals surface area contributed by atoms with E-state index in [2.05, 4.69) is 10.0 Å². The predicted molar refractivity (Wildman–Crippen MR) is 89.4 cm³/mol. The van der Waals surface area contributed by atoms with Crippen LogP contribution in [0.5, 0.6) is 0 Å². The van der Waals surface area contributed by atoms with Crippen molar-refractivity contribution in [3.05, 3.63) is 58.6 Å². The maximum atomic E-state index is 12.1. The second-order valence-electron chi connectivity index (χ2n) is 4.00. The lowest BCUT2D eigenvalue weighted by molar-refractivity contribution is 0.593. The number of anilines is 1. The third kappa shape index (κ3) is 4.31. The summed E-state index contributed by atoms with van der Waals surface area (Å²) in [4.78, 5) is 0.128. The van der Waals surface area contributed by atoms with Crippen LogP contribution in [0.1, 0.15) is 0 Å². The number of sulfonamides is 1. The number of hydrogen-bond acceptors (Lipinski definition) is 3. The fourth-order valence-corrected chi connectivity index (χ4v) is 3.18. The Morgan fingerprint density at radius 3 is 2.29 bits per heavy atom. The van der Waals surface area contributed by atoms with Gasteiger partial charge in [-0.15, -0.1) is 0 Å². The first-order valence-corrected chi connectivity index (χ1v) is 8.37. The van der Waals surface area contributed by atoms with Crippen molar-refractivity contribution in [3.63, 3.8) is 0 Å². The first-order chi connectivity index (χ1) is 9.88. The van der Waals surface area contributed by atoms with Crippen molar-refractivity contribution >= 4 is 56.2 Å². The van der Waals surface area contributed by atoms with Crippen LogP contribution in [0, 0.1) is 0 Å². The largest absolute Gasteiger partial charge is 0.332 e. The standard InChI is InChI=1S/C13H10Cl2N2O2S2/c14-11-7-6-9(8-12(11)15)16-13(20)17-21(18,19)10-4-2-1-3-5-10/h1-8H,(H2,16,17,20). The van der Waals surface area contributed by atoms with Gasteiger partial charge in [-0.1, -0.05) is 41.4 Å². The average Bonchev–Trinajstić information content (AvgIpc) is 2.43. The summed E-state index contributed by atoms with van der Waals surface area (Å²) in [5, 5.41) is 3.42. The molecular weight excluding hydrogens is 351 g/mol. The summed E-state index contributed by atoms with van der Waals surface area (Å²) in [6.07, 6.45) is 0. The van der Waals surface area contributed by atoms with E-state index in [0.717, 1.165) is 0 Å². The minimum atomic E-state index is -3.71. The van der Waals surface area contributed by atoms with Gasteiger partial charge in [0.15, 0.2) is 5.11 Å². The van der Waals surface area contributed by atoms with Crippen LogP contribution < -0.4 is 10.0 Å². The summed E-state index contributed by atoms with van der Waals surface area (Å²) in [6.45, 7) is 0. The quantitative estimate of drug-likeness (QED) is 0.819. The van der Waals surface area contributed by atoms with E-state index < -0.39 is 10.0 Å². The van der Waals surface area contributed by atoms with E-state index in [1.54, 1.807) is 36.4 Å². The SMILES string of the molecule is O=S(=O)(NC(=S)Nc1ccc(Cl)c(Cl)c1)c1ccccc1. The minimum Gasteiger partial charge on any atom is -0.332 e. The van der Waals surface area contributed by atoms with Crippen molar-refractivity contribution in [2.24, 2.45) is 0 Å². The van der Waals surface area contributed by atoms with Gasteiger partial charge in [-0.05, 0) is 42.5 Å². The molecule has 0 saturated carbocycles. The van der Waals surface area contributed by atoms with Crippen LogP contribution in [0.4, 0.5) is 5.69 Å². The molecule has 2 aromatic carbocycles. The van der Waals surface area contributed by atoms with E-state index in [-0.39, 0.29) is 10.0 Å². The van der Waals surface area contributed by atoms with E-state index in [4.69, 9.17) is 35.4 Å². The monoisotopic (exact) mass is 360 g/mol. The second-order valence-corrected chi connectivity index (χ2v) is 6.91. The van der Waals surface area contributed by atoms with Gasteiger partial charge in [-0.2, -0.15) is 0 Å². The Labute approximate surface area is 138 Å². The lowest BCUT2D eigenvalue weighted by atomic mass is 10.3. The maximum absolute atomic E-state index is 12.1. The van der Waals surface area contributed by atoms with Crippen molar-refractivity contribution in [3.8, 4) is 0 Å². The molecule has 0 bridgehead atoms. The van der Waals surface area contributed by atoms with Crippen molar-refractivity contribution in [2.75, 3.05) is 5.32 Å². The molecule has 2 N–H and O–H groups in total. The third-order valence-electron chi connectivity index (χ3n) is 2.46. The highest BCUT2D eigenvalue weighted by atomic mass is 35.5. The Balaban J connectivity index is 2.10. The topological polar surface area (TPSA) is 58.2 Å². The van der Waals surface area contributed by atoms with E-state index in [9.17, 15) is 8.42 Å². The van der Waals surface area contributed by atoms with Crippen molar-refractivity contribution in [2.45, 2.75) is 4.90 Å². The molecule has 0 saturated heterocycles. The Bertz CT molecular complexity index is 765. The smallest absolute Gasteiger partial charge is 0.263 e. The van der Waals surface area contributed by atoms with Crippen LogP contribution in [0.2, 0.25) is 10.0 Å². The Morgan fingerprint density at radius 1 is 1.00 bits per heavy atom. The molecule has 0 amide bonds. The fraction of sp³-hybridized carbons (Fsp3) is 0. The molecule has 0 heterocycles. The van der Waals surface area contributed by atoms with Gasteiger partial charge in [0.05, 0.1) is 14.9 Å². The summed E-state index contributed by atoms with van der Waals surface area (Å²) in [6, 6.07) is 12.7. The zero-order valence-electron chi connectivity index (χ0n) is 10.5. The Kier molecular flexibility index (Phi) is 5.05. The molecule has 110 valence electrons. The molecule has 0 fully saturated rings. The Morgan fingerprint density at radius 2 is 1.67 bits per heavy atom. The van der Waals surface area contributed by atoms with Crippen LogP contribution in [-0.2, 0) is 10.0 Å². The molecular formula is C13H10Cl2N2O2S2. The number of halogens is 2. The van der Waals surface area contributed by atoms with Gasteiger partial charge in [0.1, 0.15) is 0 Å². The predicted octanol–water partition coefficient (Wildman–Crippen LogP) is 3.67. The average molecular weight is 361 g/mol. The summed E-state index contributed by atoms with van der Waals surface area (Å²) in [7, 11) is -3.71. The molecule has 0 aliphatic heterocycles. The minimum absolute atomic E-state index is 0.0581. The second kappa shape index (κ2) is 6.62. The molecule has 0 aromatic heterocycles. The molecule has 0 aliphatic carbocycles. The van der Waals surface area contributed by atoms with Gasteiger partial charge in [0.2, 0.25) is 0 Å². The molecule has 0 aliphatic rings. The lowest BCUT2D eigenvalue weighted by Gasteiger charge is -2.11. The number of rotatable bonds is 3. The molecule has 0 radical (unpaired) electrons. The van der Waals surface area contributed by atoms with Crippen LogP contribution in [0.15, 0.2) is 53.4 Å². The van der Waals surface area contributed by atoms with Crippen LogP contribution in [0.3, 0.4) is 0 Å². The van der Waals surface area contributed by atoms with Gasteiger partial charge in [-0.25, -0.2) is 8.42 Å². The molecule has 0 unspecified atom stereocenters. The van der Waals surface area contributed by atoms with E-state index >= 15 is 0 Å². The summed E-state index contributed by atoms with van der Waals surface area (Å²) >= 11 is 16.7. The molecule has 8 heteroatoms. The Hall–Kier alpha value is -1.34. The van der Waals surface area contributed by atoms with Crippen LogP contribution in [-0.4, -0.2) is 13.5 Å². The number of thiocarbonyl (C=S) groups is 1. The molecule has 0 atom stereocenters. The van der Waals surface area contributed by atoms with E-state index in [1.165, 1.54) is 12.1 Å². The number of hydrogen-bond donors (Lipinski definition) is 2. The number of benzene rings is 2. The highest BCUT2D eigenvalue weighted by Gasteiger charge is 2.15. The summed E-state index contributed by atoms with van der Waals surface area (Å²) in [5.74, 6) is 0. The molecule has 0 spiro atoms.